The second kappa shape index (κ2) is 7.38. The Morgan fingerprint density at radius 3 is 2.74 bits per heavy atom. The van der Waals surface area contributed by atoms with Crippen molar-refractivity contribution < 1.29 is 23.9 Å². The monoisotopic (exact) mass is 286 g/mol. The molecule has 9 nitrogen and oxygen atoms in total. The molecule has 0 spiro atoms. The summed E-state index contributed by atoms with van der Waals surface area (Å²) in [6.07, 6.45) is -0.389. The van der Waals surface area contributed by atoms with E-state index in [1.54, 1.807) is 0 Å². The molecule has 1 aromatic rings. The zero-order valence-electron chi connectivity index (χ0n) is 9.70. The molecule has 102 valence electrons. The molecular formula is C9H11N4O5P. The van der Waals surface area contributed by atoms with Crippen molar-refractivity contribution >= 4 is 25.7 Å². The Labute approximate surface area is 109 Å². The standard InChI is InChI=1S/C9H11N4O5P/c10-7-5(3-6(14)15)8(13-9(11)12-7)18-2-1-17-4-19-16/h1-3H2,(H,14,15)(H4,10,11,12,13). The summed E-state index contributed by atoms with van der Waals surface area (Å²) >= 11 is 0. The molecule has 0 atom stereocenters. The van der Waals surface area contributed by atoms with Gasteiger partial charge in [0.25, 0.3) is 0 Å². The van der Waals surface area contributed by atoms with Gasteiger partial charge >= 0.3 is 108 Å². The maximum atomic E-state index is 10.7. The van der Waals surface area contributed by atoms with E-state index in [0.29, 0.717) is 0 Å². The first-order chi connectivity index (χ1) is 9.04. The van der Waals surface area contributed by atoms with Gasteiger partial charge in [-0.05, 0) is 0 Å². The third-order valence-electron chi connectivity index (χ3n) is 1.87. The van der Waals surface area contributed by atoms with Crippen LogP contribution >= 0.6 is 7.92 Å². The molecule has 0 aliphatic carbocycles. The summed E-state index contributed by atoms with van der Waals surface area (Å²) in [5, 5.41) is 8.76. The predicted octanol–water partition coefficient (Wildman–Crippen LogP) is -0.128. The topological polar surface area (TPSA) is 151 Å². The van der Waals surface area contributed by atoms with Crippen molar-refractivity contribution in [2.75, 3.05) is 24.7 Å². The van der Waals surface area contributed by atoms with Crippen LogP contribution in [-0.4, -0.2) is 34.3 Å². The third kappa shape index (κ3) is 4.97. The number of carboxylic acid groups (broad SMARTS) is 1. The SMILES string of the molecule is Nc1nc(N)c(CC(=O)O)c(OCCOC#P=O)n1. The molecule has 0 saturated carbocycles. The van der Waals surface area contributed by atoms with E-state index in [4.69, 9.17) is 21.3 Å². The molecule has 0 bridgehead atoms. The Bertz CT molecular complexity index is 573. The van der Waals surface area contributed by atoms with Crippen molar-refractivity contribution in [1.82, 2.24) is 9.97 Å². The van der Waals surface area contributed by atoms with E-state index in [-0.39, 0.29) is 50.8 Å². The van der Waals surface area contributed by atoms with E-state index >= 15 is 0 Å². The van der Waals surface area contributed by atoms with Gasteiger partial charge in [-0.3, -0.25) is 0 Å². The molecule has 1 heterocycles. The maximum absolute atomic E-state index is 10.7. The Balaban J connectivity index is 2.80. The fourth-order valence-electron chi connectivity index (χ4n) is 1.19. The Hall–Kier alpha value is -2.08. The number of ether oxygens (including phenoxy) is 2. The summed E-state index contributed by atoms with van der Waals surface area (Å²) in [6.45, 7) is 0.0938. The normalized spacial score (nSPS) is 9.68. The summed E-state index contributed by atoms with van der Waals surface area (Å²) in [5.41, 5.74) is 11.1. The number of aliphatic carboxylic acids is 1. The van der Waals surface area contributed by atoms with Crippen LogP contribution in [0, 0.1) is 5.81 Å². The first-order valence-corrected chi connectivity index (χ1v) is 5.81. The Morgan fingerprint density at radius 2 is 2.11 bits per heavy atom. The number of carboxylic acids is 1. The van der Waals surface area contributed by atoms with E-state index in [0.717, 1.165) is 0 Å². The number of carbonyl (C=O) groups is 1. The van der Waals surface area contributed by atoms with Crippen LogP contribution in [0.5, 0.6) is 5.88 Å². The van der Waals surface area contributed by atoms with Crippen LogP contribution in [0.4, 0.5) is 11.8 Å². The van der Waals surface area contributed by atoms with Crippen molar-refractivity contribution in [1.29, 1.82) is 0 Å². The molecular weight excluding hydrogens is 275 g/mol. The number of nitrogens with two attached hydrogens (primary N) is 2. The van der Waals surface area contributed by atoms with Gasteiger partial charge in [0, 0.05) is 0 Å². The molecule has 5 N–H and O–H groups in total. The molecule has 0 aromatic carbocycles. The van der Waals surface area contributed by atoms with Gasteiger partial charge in [0.15, 0.2) is 0 Å². The number of aromatic nitrogens is 2. The van der Waals surface area contributed by atoms with E-state index in [1.807, 2.05) is 0 Å². The first kappa shape index (κ1) is 15.0. The zero-order chi connectivity index (χ0) is 14.3. The Morgan fingerprint density at radius 1 is 1.37 bits per heavy atom. The van der Waals surface area contributed by atoms with Crippen molar-refractivity contribution in [3.63, 3.8) is 0 Å². The van der Waals surface area contributed by atoms with E-state index in [9.17, 15) is 9.36 Å². The quantitative estimate of drug-likeness (QED) is 0.479. The molecule has 1 rings (SSSR count). The third-order valence-corrected chi connectivity index (χ3v) is 2.08. The van der Waals surface area contributed by atoms with Gasteiger partial charge in [0.05, 0.1) is 0 Å². The van der Waals surface area contributed by atoms with Crippen LogP contribution in [-0.2, 0) is 20.5 Å². The number of anilines is 2. The van der Waals surface area contributed by atoms with Crippen molar-refractivity contribution in [2.24, 2.45) is 0 Å². The van der Waals surface area contributed by atoms with Crippen molar-refractivity contribution in [2.45, 2.75) is 6.42 Å². The Kier molecular flexibility index (Phi) is 5.81. The second-order valence-electron chi connectivity index (χ2n) is 3.20. The van der Waals surface area contributed by atoms with Crippen LogP contribution in [0.3, 0.4) is 0 Å². The molecule has 10 heteroatoms. The number of hydrogen-bond acceptors (Lipinski definition) is 8. The molecule has 0 radical (unpaired) electrons. The van der Waals surface area contributed by atoms with Crippen molar-refractivity contribution in [3.05, 3.63) is 5.56 Å². The van der Waals surface area contributed by atoms with Gasteiger partial charge in [0.1, 0.15) is 0 Å². The fraction of sp³-hybridized carbons (Fsp3) is 0.333. The fourth-order valence-corrected chi connectivity index (χ4v) is 1.33. The van der Waals surface area contributed by atoms with E-state index in [2.05, 4.69) is 20.5 Å². The minimum atomic E-state index is -1.10. The van der Waals surface area contributed by atoms with Gasteiger partial charge in [-0.25, -0.2) is 0 Å². The van der Waals surface area contributed by atoms with E-state index in [1.165, 1.54) is 0 Å². The molecule has 0 amide bonds. The molecule has 0 aliphatic heterocycles. The summed E-state index contributed by atoms with van der Waals surface area (Å²) in [5.74, 6) is 0.763. The number of nitrogens with zero attached hydrogens (tertiary/aromatic N) is 2. The molecule has 0 unspecified atom stereocenters. The first-order valence-electron chi connectivity index (χ1n) is 5.00. The average molecular weight is 286 g/mol. The number of hydrogen-bond donors (Lipinski definition) is 3. The molecule has 1 aromatic heterocycles. The van der Waals surface area contributed by atoms with Gasteiger partial charge < -0.3 is 0 Å². The summed E-state index contributed by atoms with van der Waals surface area (Å²) < 4.78 is 19.9. The summed E-state index contributed by atoms with van der Waals surface area (Å²) in [4.78, 5) is 18.1. The van der Waals surface area contributed by atoms with Crippen molar-refractivity contribution in [3.8, 4) is 11.7 Å². The number of nitrogen functional groups attached to an aromatic ring is 2. The van der Waals surface area contributed by atoms with Crippen LogP contribution in [0.1, 0.15) is 5.56 Å². The second-order valence-corrected chi connectivity index (χ2v) is 3.57. The van der Waals surface area contributed by atoms with E-state index < -0.39 is 5.97 Å². The minimum absolute atomic E-state index is 0.0179. The van der Waals surface area contributed by atoms with Gasteiger partial charge in [0.2, 0.25) is 0 Å². The van der Waals surface area contributed by atoms with Crippen LogP contribution < -0.4 is 16.2 Å². The molecule has 0 aliphatic rings. The predicted molar refractivity (Wildman–Crippen MR) is 65.1 cm³/mol. The summed E-state index contributed by atoms with van der Waals surface area (Å²) in [6, 6.07) is 0. The summed E-state index contributed by atoms with van der Waals surface area (Å²) in [7, 11) is -0.376. The molecule has 0 fully saturated rings. The van der Waals surface area contributed by atoms with Crippen LogP contribution in [0.15, 0.2) is 0 Å². The van der Waals surface area contributed by atoms with Gasteiger partial charge in [-0.2, -0.15) is 0 Å². The number of rotatable bonds is 6. The zero-order valence-corrected chi connectivity index (χ0v) is 10.6. The average Bonchev–Trinajstić information content (AvgIpc) is 2.32. The molecule has 0 saturated heterocycles. The van der Waals surface area contributed by atoms with Gasteiger partial charge in [-0.1, -0.05) is 0 Å². The molecule has 19 heavy (non-hydrogen) atoms. The van der Waals surface area contributed by atoms with Crippen LogP contribution in [0.25, 0.3) is 0 Å². The van der Waals surface area contributed by atoms with Gasteiger partial charge in [-0.15, -0.1) is 0 Å². The van der Waals surface area contributed by atoms with Crippen LogP contribution in [0.2, 0.25) is 0 Å².